The van der Waals surface area contributed by atoms with E-state index in [1.54, 1.807) is 57.2 Å². The first-order valence-electron chi connectivity index (χ1n) is 13.3. The van der Waals surface area contributed by atoms with E-state index in [4.69, 9.17) is 18.9 Å². The zero-order valence-electron chi connectivity index (χ0n) is 24.4. The molecule has 3 aromatic rings. The summed E-state index contributed by atoms with van der Waals surface area (Å²) in [6, 6.07) is 7.44. The van der Waals surface area contributed by atoms with Gasteiger partial charge in [0.1, 0.15) is 0 Å². The highest BCUT2D eigenvalue weighted by Gasteiger charge is 2.34. The minimum absolute atomic E-state index is 0.119. The Morgan fingerprint density at radius 2 is 1.82 bits per heavy atom. The van der Waals surface area contributed by atoms with Crippen molar-refractivity contribution < 1.29 is 38.1 Å². The molecule has 1 aliphatic rings. The number of halogens is 2. The molecule has 4 rings (SSSR count). The summed E-state index contributed by atoms with van der Waals surface area (Å²) in [7, 11) is 1.26. The lowest BCUT2D eigenvalue weighted by Crippen LogP contribution is -2.40. The van der Waals surface area contributed by atoms with Gasteiger partial charge in [0.2, 0.25) is 0 Å². The van der Waals surface area contributed by atoms with Crippen LogP contribution in [0.4, 0.5) is 0 Å². The number of ether oxygens (including phenoxy) is 5. The van der Waals surface area contributed by atoms with Crippen LogP contribution in [-0.2, 0) is 23.9 Å². The van der Waals surface area contributed by atoms with Crippen LogP contribution >= 0.6 is 43.2 Å². The molecule has 0 N–H and O–H groups in total. The lowest BCUT2D eigenvalue weighted by Gasteiger charge is -2.25. The maximum atomic E-state index is 14.1. The van der Waals surface area contributed by atoms with Crippen molar-refractivity contribution in [1.29, 1.82) is 0 Å². The van der Waals surface area contributed by atoms with Crippen molar-refractivity contribution in [2.45, 2.75) is 33.7 Å². The van der Waals surface area contributed by atoms with Crippen molar-refractivity contribution in [2.75, 3.05) is 26.9 Å². The highest BCUT2D eigenvalue weighted by Crippen LogP contribution is 2.37. The van der Waals surface area contributed by atoms with E-state index in [9.17, 15) is 19.2 Å². The lowest BCUT2D eigenvalue weighted by atomic mass is 9.95. The molecule has 1 aliphatic heterocycles. The van der Waals surface area contributed by atoms with Crippen molar-refractivity contribution in [3.05, 3.63) is 81.4 Å². The van der Waals surface area contributed by atoms with Gasteiger partial charge < -0.3 is 23.7 Å². The van der Waals surface area contributed by atoms with E-state index >= 15 is 0 Å². The van der Waals surface area contributed by atoms with E-state index in [0.29, 0.717) is 36.3 Å². The normalized spacial score (nSPS) is 14.4. The van der Waals surface area contributed by atoms with E-state index in [0.717, 1.165) is 11.3 Å². The Labute approximate surface area is 273 Å². The number of fused-ring (bicyclic) bond motifs is 1. The van der Waals surface area contributed by atoms with Crippen LogP contribution < -0.4 is 29.1 Å². The average molecular weight is 752 g/mol. The molecule has 0 saturated carbocycles. The van der Waals surface area contributed by atoms with Crippen LogP contribution in [0.15, 0.2) is 60.3 Å². The van der Waals surface area contributed by atoms with E-state index < -0.39 is 29.5 Å². The number of hydrogen-bond donors (Lipinski definition) is 0. The largest absolute Gasteiger partial charge is 0.490 e. The third-order valence-electron chi connectivity index (χ3n) is 6.24. The van der Waals surface area contributed by atoms with Crippen LogP contribution in [0.1, 0.15) is 44.9 Å². The minimum Gasteiger partial charge on any atom is -0.490 e. The monoisotopic (exact) mass is 750 g/mol. The van der Waals surface area contributed by atoms with Gasteiger partial charge in [-0.2, -0.15) is 0 Å². The first-order chi connectivity index (χ1) is 21.0. The number of aromatic nitrogens is 1. The molecule has 1 atom stereocenters. The number of esters is 3. The molecule has 0 fully saturated rings. The van der Waals surface area contributed by atoms with Gasteiger partial charge in [-0.25, -0.2) is 14.6 Å². The molecule has 0 spiro atoms. The van der Waals surface area contributed by atoms with Gasteiger partial charge in [0.05, 0.1) is 46.6 Å². The number of carbonyl (C=O) groups excluding carboxylic acids is 3. The first-order valence-corrected chi connectivity index (χ1v) is 15.7. The molecule has 11 nitrogen and oxygen atoms in total. The summed E-state index contributed by atoms with van der Waals surface area (Å²) in [5.41, 5.74) is 1.13. The van der Waals surface area contributed by atoms with Gasteiger partial charge in [-0.1, -0.05) is 33.3 Å². The molecule has 2 aromatic carbocycles. The summed E-state index contributed by atoms with van der Waals surface area (Å²) in [5.74, 6) is -0.881. The Hall–Kier alpha value is -3.75. The van der Waals surface area contributed by atoms with Gasteiger partial charge in [-0.3, -0.25) is 14.2 Å². The molecule has 0 saturated heterocycles. The van der Waals surface area contributed by atoms with Crippen molar-refractivity contribution in [3.63, 3.8) is 0 Å². The van der Waals surface area contributed by atoms with E-state index in [1.165, 1.54) is 18.6 Å². The number of rotatable bonds is 10. The standard InChI is InChI=1S/C30H28Br2N2O9S/c1-6-40-22-11-17(8-9-21(22)42-14-24(36)39-5)26-25(29(38)41-7-2)15(3)33-30-34(26)28(37)23(44-30)12-18-10-19(31)13-20(32)27(18)43-16(4)35/h8-13,26H,6-7,14H2,1-5H3/b23-12+/t26-/m0/s1. The van der Waals surface area contributed by atoms with Gasteiger partial charge in [-0.15, -0.1) is 0 Å². The molecule has 0 aliphatic carbocycles. The molecule has 0 amide bonds. The maximum absolute atomic E-state index is 14.1. The predicted molar refractivity (Wildman–Crippen MR) is 169 cm³/mol. The van der Waals surface area contributed by atoms with Gasteiger partial charge in [0.15, 0.2) is 28.7 Å². The second-order valence-electron chi connectivity index (χ2n) is 9.21. The van der Waals surface area contributed by atoms with Gasteiger partial charge in [-0.05, 0) is 72.6 Å². The fraction of sp³-hybridized carbons (Fsp3) is 0.300. The number of carbonyl (C=O) groups is 3. The Kier molecular flexibility index (Phi) is 10.8. The zero-order chi connectivity index (χ0) is 32.1. The van der Waals surface area contributed by atoms with E-state index in [2.05, 4.69) is 41.6 Å². The fourth-order valence-electron chi connectivity index (χ4n) is 4.46. The Morgan fingerprint density at radius 1 is 1.07 bits per heavy atom. The van der Waals surface area contributed by atoms with Crippen LogP contribution in [0.3, 0.4) is 0 Å². The predicted octanol–water partition coefficient (Wildman–Crippen LogP) is 4.20. The zero-order valence-corrected chi connectivity index (χ0v) is 28.4. The van der Waals surface area contributed by atoms with Gasteiger partial charge >= 0.3 is 17.9 Å². The number of benzene rings is 2. The topological polar surface area (TPSA) is 132 Å². The quantitative estimate of drug-likeness (QED) is 0.221. The molecule has 44 heavy (non-hydrogen) atoms. The van der Waals surface area contributed by atoms with Crippen LogP contribution in [0.5, 0.6) is 17.2 Å². The Bertz CT molecular complexity index is 1850. The summed E-state index contributed by atoms with van der Waals surface area (Å²) < 4.78 is 29.8. The van der Waals surface area contributed by atoms with Crippen molar-refractivity contribution in [2.24, 2.45) is 4.99 Å². The average Bonchev–Trinajstić information content (AvgIpc) is 3.27. The summed E-state index contributed by atoms with van der Waals surface area (Å²) in [4.78, 5) is 55.8. The van der Waals surface area contributed by atoms with E-state index in [-0.39, 0.29) is 41.4 Å². The van der Waals surface area contributed by atoms with Crippen LogP contribution in [0.25, 0.3) is 6.08 Å². The van der Waals surface area contributed by atoms with Crippen molar-refractivity contribution in [1.82, 2.24) is 4.57 Å². The molecular weight excluding hydrogens is 724 g/mol. The fourth-order valence-corrected chi connectivity index (χ4v) is 6.84. The number of allylic oxidation sites excluding steroid dienone is 1. The lowest BCUT2D eigenvalue weighted by molar-refractivity contribution is -0.143. The number of thiazole rings is 1. The van der Waals surface area contributed by atoms with Crippen molar-refractivity contribution >= 4 is 67.2 Å². The Morgan fingerprint density at radius 3 is 2.48 bits per heavy atom. The molecule has 1 aromatic heterocycles. The van der Waals surface area contributed by atoms with Gasteiger partial charge in [0, 0.05) is 17.0 Å². The van der Waals surface area contributed by atoms with Crippen LogP contribution in [-0.4, -0.2) is 49.4 Å². The summed E-state index contributed by atoms with van der Waals surface area (Å²) >= 11 is 7.98. The van der Waals surface area contributed by atoms with Crippen LogP contribution in [0.2, 0.25) is 0 Å². The molecule has 0 bridgehead atoms. The molecular formula is C30H28Br2N2O9S. The SMILES string of the molecule is CCOC(=O)C1=C(C)N=c2s/c(=C/c3cc(Br)cc(Br)c3OC(C)=O)c(=O)n2[C@H]1c1ccc(OCC(=O)OC)c(OCC)c1. The smallest absolute Gasteiger partial charge is 0.343 e. The third kappa shape index (κ3) is 7.13. The summed E-state index contributed by atoms with van der Waals surface area (Å²) in [6.45, 7) is 6.51. The molecule has 0 unspecified atom stereocenters. The molecule has 232 valence electrons. The number of hydrogen-bond acceptors (Lipinski definition) is 11. The van der Waals surface area contributed by atoms with E-state index in [1.807, 2.05) is 0 Å². The number of nitrogens with zero attached hydrogens (tertiary/aromatic N) is 2. The van der Waals surface area contributed by atoms with Crippen LogP contribution in [0, 0.1) is 0 Å². The second kappa shape index (κ2) is 14.4. The first kappa shape index (κ1) is 33.1. The summed E-state index contributed by atoms with van der Waals surface area (Å²) in [5, 5.41) is 0. The number of methoxy groups -OCH3 is 1. The second-order valence-corrected chi connectivity index (χ2v) is 12.0. The summed E-state index contributed by atoms with van der Waals surface area (Å²) in [6.07, 6.45) is 1.60. The maximum Gasteiger partial charge on any atom is 0.343 e. The van der Waals surface area contributed by atoms with Crippen molar-refractivity contribution in [3.8, 4) is 17.2 Å². The highest BCUT2D eigenvalue weighted by atomic mass is 79.9. The van der Waals surface area contributed by atoms with Gasteiger partial charge in [0.25, 0.3) is 5.56 Å². The Balaban J connectivity index is 1.94. The molecule has 0 radical (unpaired) electrons. The third-order valence-corrected chi connectivity index (χ3v) is 8.27. The minimum atomic E-state index is -0.927. The molecule has 2 heterocycles. The highest BCUT2D eigenvalue weighted by molar-refractivity contribution is 9.11. The molecule has 14 heteroatoms.